The minimum absolute atomic E-state index is 0.479. The van der Waals surface area contributed by atoms with E-state index in [1.165, 1.54) is 38.5 Å². The first-order chi connectivity index (χ1) is 10.7. The second kappa shape index (κ2) is 7.45. The molecule has 2 fully saturated rings. The van der Waals surface area contributed by atoms with Crippen LogP contribution in [0.5, 0.6) is 0 Å². The first kappa shape index (κ1) is 18.6. The van der Waals surface area contributed by atoms with Gasteiger partial charge in [0.15, 0.2) is 0 Å². The van der Waals surface area contributed by atoms with E-state index in [1.54, 1.807) is 0 Å². The smallest absolute Gasteiger partial charge is 0.0864 e. The van der Waals surface area contributed by atoms with Gasteiger partial charge in [0.1, 0.15) is 0 Å². The second-order valence-electron chi connectivity index (χ2n) is 10.1. The van der Waals surface area contributed by atoms with Crippen molar-refractivity contribution in [2.75, 3.05) is 0 Å². The maximum absolute atomic E-state index is 5.68. The third-order valence-electron chi connectivity index (χ3n) is 5.70. The van der Waals surface area contributed by atoms with Crippen LogP contribution in [0.4, 0.5) is 0 Å². The highest BCUT2D eigenvalue weighted by atomic mass is 16.5. The highest BCUT2D eigenvalue weighted by Crippen LogP contribution is 2.43. The second-order valence-corrected chi connectivity index (χ2v) is 10.1. The molecule has 0 N–H and O–H groups in total. The van der Waals surface area contributed by atoms with Crippen molar-refractivity contribution >= 4 is 0 Å². The van der Waals surface area contributed by atoms with E-state index in [0.717, 1.165) is 11.8 Å². The molecular formula is C22H38O. The fourth-order valence-electron chi connectivity index (χ4n) is 5.49. The summed E-state index contributed by atoms with van der Waals surface area (Å²) in [5.74, 6) is 3.01. The summed E-state index contributed by atoms with van der Waals surface area (Å²) in [6.45, 7) is 14.4. The van der Waals surface area contributed by atoms with Crippen LogP contribution in [-0.2, 0) is 4.74 Å². The monoisotopic (exact) mass is 318 g/mol. The number of hydrogen-bond acceptors (Lipinski definition) is 1. The summed E-state index contributed by atoms with van der Waals surface area (Å²) < 4.78 is 5.68. The van der Waals surface area contributed by atoms with Crippen LogP contribution in [0.3, 0.4) is 0 Å². The third-order valence-corrected chi connectivity index (χ3v) is 5.70. The van der Waals surface area contributed by atoms with Gasteiger partial charge in [-0.2, -0.15) is 0 Å². The van der Waals surface area contributed by atoms with Crippen LogP contribution in [0.1, 0.15) is 80.1 Å². The molecule has 0 radical (unpaired) electrons. The van der Waals surface area contributed by atoms with Crippen LogP contribution in [0, 0.1) is 34.5 Å². The van der Waals surface area contributed by atoms with E-state index in [4.69, 9.17) is 4.74 Å². The zero-order valence-electron chi connectivity index (χ0n) is 16.3. The van der Waals surface area contributed by atoms with E-state index >= 15 is 0 Å². The summed E-state index contributed by atoms with van der Waals surface area (Å²) in [7, 11) is 0. The van der Waals surface area contributed by atoms with E-state index in [-0.39, 0.29) is 0 Å². The average Bonchev–Trinajstić information content (AvgIpc) is 2.33. The summed E-state index contributed by atoms with van der Waals surface area (Å²) in [6.07, 6.45) is 16.3. The first-order valence-electron chi connectivity index (χ1n) is 9.64. The number of hydrogen-bond donors (Lipinski definition) is 0. The van der Waals surface area contributed by atoms with E-state index in [0.29, 0.717) is 22.7 Å². The Bertz CT molecular complexity index is 389. The van der Waals surface area contributed by atoms with Gasteiger partial charge in [-0.1, -0.05) is 41.5 Å². The van der Waals surface area contributed by atoms with Gasteiger partial charge < -0.3 is 4.74 Å². The minimum Gasteiger partial charge on any atom is -0.473 e. The Hall–Kier alpha value is -0.720. The van der Waals surface area contributed by atoms with Crippen molar-refractivity contribution in [3.63, 3.8) is 0 Å². The Kier molecular flexibility index (Phi) is 6.03. The summed E-state index contributed by atoms with van der Waals surface area (Å²) in [5.41, 5.74) is 0.957. The first-order valence-corrected chi connectivity index (χ1v) is 9.64. The molecule has 23 heavy (non-hydrogen) atoms. The molecule has 0 amide bonds. The predicted molar refractivity (Wildman–Crippen MR) is 99.9 cm³/mol. The van der Waals surface area contributed by atoms with Gasteiger partial charge in [-0.3, -0.25) is 0 Å². The zero-order chi connectivity index (χ0) is 17.1. The largest absolute Gasteiger partial charge is 0.473 e. The van der Waals surface area contributed by atoms with Crippen molar-refractivity contribution in [3.8, 4) is 0 Å². The van der Waals surface area contributed by atoms with Gasteiger partial charge in [0.2, 0.25) is 0 Å². The van der Waals surface area contributed by atoms with Crippen LogP contribution >= 0.6 is 0 Å². The van der Waals surface area contributed by atoms with Crippen molar-refractivity contribution in [2.45, 2.75) is 80.1 Å². The van der Waals surface area contributed by atoms with Gasteiger partial charge in [-0.15, -0.1) is 0 Å². The molecule has 0 aromatic carbocycles. The van der Waals surface area contributed by atoms with E-state index in [9.17, 15) is 0 Å². The maximum atomic E-state index is 5.68. The van der Waals surface area contributed by atoms with Crippen LogP contribution in [0.15, 0.2) is 24.7 Å². The molecule has 132 valence electrons. The maximum Gasteiger partial charge on any atom is 0.0864 e. The lowest BCUT2D eigenvalue weighted by Gasteiger charge is -2.38. The summed E-state index contributed by atoms with van der Waals surface area (Å²) in [5, 5.41) is 0. The van der Waals surface area contributed by atoms with Crippen LogP contribution in [-0.4, -0.2) is 0 Å². The normalized spacial score (nSPS) is 37.3. The van der Waals surface area contributed by atoms with Gasteiger partial charge in [0.25, 0.3) is 0 Å². The molecule has 0 aliphatic heterocycles. The van der Waals surface area contributed by atoms with Gasteiger partial charge in [0.05, 0.1) is 12.5 Å². The molecule has 1 heteroatoms. The Morgan fingerprint density at radius 3 is 1.43 bits per heavy atom. The van der Waals surface area contributed by atoms with Crippen molar-refractivity contribution in [1.82, 2.24) is 0 Å². The molecule has 1 nitrogen and oxygen atoms in total. The lowest BCUT2D eigenvalue weighted by Crippen LogP contribution is -2.26. The van der Waals surface area contributed by atoms with E-state index < -0.39 is 0 Å². The fourth-order valence-corrected chi connectivity index (χ4v) is 5.49. The molecule has 2 aliphatic carbocycles. The van der Waals surface area contributed by atoms with Gasteiger partial charge in [-0.05, 0) is 85.2 Å². The lowest BCUT2D eigenvalue weighted by molar-refractivity contribution is 0.153. The number of ether oxygens (including phenoxy) is 1. The third kappa shape index (κ3) is 6.36. The quantitative estimate of drug-likeness (QED) is 0.509. The van der Waals surface area contributed by atoms with Gasteiger partial charge >= 0.3 is 0 Å². The molecule has 0 unspecified atom stereocenters. The van der Waals surface area contributed by atoms with Crippen LogP contribution in [0.2, 0.25) is 0 Å². The predicted octanol–water partition coefficient (Wildman–Crippen LogP) is 6.96. The standard InChI is InChI=1S/C22H38O/c1-17-11-19(15-21(3,4)13-17)7-9-23-10-8-20-12-18(2)14-22(5,6)16-20/h7-10,17-20H,11-16H2,1-6H3/t17-,18-,19+,20+/m1/s1. The molecule has 0 spiro atoms. The number of allylic oxidation sites excluding steroid dienone is 2. The van der Waals surface area contributed by atoms with Crippen molar-refractivity contribution in [2.24, 2.45) is 34.5 Å². The molecule has 0 saturated heterocycles. The molecule has 2 rings (SSSR count). The number of rotatable bonds is 4. The molecule has 2 saturated carbocycles. The van der Waals surface area contributed by atoms with Crippen molar-refractivity contribution in [1.29, 1.82) is 0 Å². The minimum atomic E-state index is 0.479. The Balaban J connectivity index is 1.78. The van der Waals surface area contributed by atoms with Gasteiger partial charge in [0, 0.05) is 0 Å². The molecular weight excluding hydrogens is 280 g/mol. The van der Waals surface area contributed by atoms with Crippen molar-refractivity contribution in [3.05, 3.63) is 24.7 Å². The molecule has 4 atom stereocenters. The molecule has 0 bridgehead atoms. The Morgan fingerprint density at radius 2 is 1.09 bits per heavy atom. The zero-order valence-corrected chi connectivity index (χ0v) is 16.3. The highest BCUT2D eigenvalue weighted by molar-refractivity contribution is 4.95. The Morgan fingerprint density at radius 1 is 0.696 bits per heavy atom. The Labute approximate surface area is 144 Å². The van der Waals surface area contributed by atoms with Gasteiger partial charge in [-0.25, -0.2) is 0 Å². The molecule has 0 aromatic rings. The summed E-state index contributed by atoms with van der Waals surface area (Å²) in [4.78, 5) is 0. The highest BCUT2D eigenvalue weighted by Gasteiger charge is 2.31. The van der Waals surface area contributed by atoms with Crippen LogP contribution in [0.25, 0.3) is 0 Å². The topological polar surface area (TPSA) is 9.23 Å². The van der Waals surface area contributed by atoms with E-state index in [2.05, 4.69) is 53.7 Å². The van der Waals surface area contributed by atoms with Crippen LogP contribution < -0.4 is 0 Å². The van der Waals surface area contributed by atoms with E-state index in [1.807, 2.05) is 12.5 Å². The van der Waals surface area contributed by atoms with Crippen molar-refractivity contribution < 1.29 is 4.74 Å². The summed E-state index contributed by atoms with van der Waals surface area (Å²) >= 11 is 0. The lowest BCUT2D eigenvalue weighted by atomic mass is 9.68. The molecule has 0 heterocycles. The summed E-state index contributed by atoms with van der Waals surface area (Å²) in [6, 6.07) is 0. The fraction of sp³-hybridized carbons (Fsp3) is 0.818. The molecule has 2 aliphatic rings. The average molecular weight is 319 g/mol. The SMILES string of the molecule is C[C@@H]1C[C@H](C=COC=C[C@H]2C[C@@H](C)CC(C)(C)C2)CC(C)(C)C1. The molecule has 0 aromatic heterocycles.